The highest BCUT2D eigenvalue weighted by Crippen LogP contribution is 2.49. The number of methoxy groups -OCH3 is 1. The van der Waals surface area contributed by atoms with Gasteiger partial charge in [0.05, 0.1) is 45.6 Å². The minimum absolute atomic E-state index is 0.0241. The third kappa shape index (κ3) is 8.09. The van der Waals surface area contributed by atoms with E-state index in [1.54, 1.807) is 11.8 Å². The summed E-state index contributed by atoms with van der Waals surface area (Å²) in [6, 6.07) is 5.62. The lowest BCUT2D eigenvalue weighted by molar-refractivity contribution is -0.0127. The number of aromatic hydroxyl groups is 1. The molecule has 2 aromatic heterocycles. The Morgan fingerprint density at radius 1 is 1.07 bits per heavy atom. The van der Waals surface area contributed by atoms with Crippen molar-refractivity contribution in [2.45, 2.75) is 76.9 Å². The van der Waals surface area contributed by atoms with Crippen LogP contribution < -0.4 is 14.4 Å². The molecule has 4 fully saturated rings. The second-order valence-corrected chi connectivity index (χ2v) is 17.2. The first-order valence-electron chi connectivity index (χ1n) is 21.1. The number of benzene rings is 2. The number of β-amino-alcohol motifs (C(OH)–C–C–N with tert-alkyl or cyclic N) is 1. The number of piperidine rings is 2. The Balaban J connectivity index is 1.15. The van der Waals surface area contributed by atoms with Gasteiger partial charge < -0.3 is 39.0 Å². The van der Waals surface area contributed by atoms with Crippen molar-refractivity contribution in [2.75, 3.05) is 77.7 Å². The van der Waals surface area contributed by atoms with E-state index >= 15 is 8.78 Å². The van der Waals surface area contributed by atoms with Crippen molar-refractivity contribution >= 4 is 33.6 Å². The lowest BCUT2D eigenvalue weighted by Gasteiger charge is -2.47. The number of aliphatic hydroxyl groups is 1. The maximum Gasteiger partial charge on any atom is 0.409 e. The molecule has 3 saturated heterocycles. The lowest BCUT2D eigenvalue weighted by atomic mass is 9.75. The van der Waals surface area contributed by atoms with Crippen molar-refractivity contribution in [3.63, 3.8) is 0 Å². The zero-order chi connectivity index (χ0) is 42.2. The average molecular weight is 829 g/mol. The maximum atomic E-state index is 17.4. The summed E-state index contributed by atoms with van der Waals surface area (Å²) in [4.78, 5) is 32.9. The number of carbonyl (C=O) groups is 1. The van der Waals surface area contributed by atoms with Gasteiger partial charge in [-0.3, -0.25) is 4.90 Å². The van der Waals surface area contributed by atoms with Crippen molar-refractivity contribution in [2.24, 2.45) is 11.3 Å². The number of terminal acetylenes is 1. The zero-order valence-electron chi connectivity index (χ0n) is 34.6. The predicted octanol–water partition coefficient (Wildman–Crippen LogP) is 6.68. The Kier molecular flexibility index (Phi) is 11.9. The minimum Gasteiger partial charge on any atom is -0.508 e. The first-order chi connectivity index (χ1) is 28.9. The van der Waals surface area contributed by atoms with Crippen LogP contribution in [0.1, 0.15) is 70.8 Å². The van der Waals surface area contributed by atoms with Crippen LogP contribution in [0, 0.1) is 35.3 Å². The van der Waals surface area contributed by atoms with Gasteiger partial charge in [0.2, 0.25) is 5.88 Å². The molecule has 2 aromatic carbocycles. The molecular formula is C45H54F2N6O7. The van der Waals surface area contributed by atoms with Gasteiger partial charge in [-0.25, -0.2) is 18.6 Å². The second kappa shape index (κ2) is 17.1. The van der Waals surface area contributed by atoms with Crippen LogP contribution in [-0.2, 0) is 9.47 Å². The summed E-state index contributed by atoms with van der Waals surface area (Å²) in [7, 11) is 1.39. The Morgan fingerprint density at radius 3 is 2.63 bits per heavy atom. The van der Waals surface area contributed by atoms with E-state index in [2.05, 4.69) is 15.8 Å². The average Bonchev–Trinajstić information content (AvgIpc) is 3.59. The summed E-state index contributed by atoms with van der Waals surface area (Å²) in [6.07, 6.45) is 13.3. The van der Waals surface area contributed by atoms with Gasteiger partial charge in [-0.2, -0.15) is 9.97 Å². The summed E-state index contributed by atoms with van der Waals surface area (Å²) >= 11 is 0. The molecule has 0 spiro atoms. The van der Waals surface area contributed by atoms with Crippen LogP contribution in [0.3, 0.4) is 0 Å². The van der Waals surface area contributed by atoms with Crippen molar-refractivity contribution in [1.29, 1.82) is 0 Å². The molecule has 8 rings (SSSR count). The summed E-state index contributed by atoms with van der Waals surface area (Å²) < 4.78 is 56.1. The largest absolute Gasteiger partial charge is 0.508 e. The number of aromatic nitrogens is 3. The van der Waals surface area contributed by atoms with E-state index in [9.17, 15) is 15.0 Å². The molecule has 15 heteroatoms. The molecule has 4 aliphatic rings. The van der Waals surface area contributed by atoms with Crippen LogP contribution in [0.15, 0.2) is 24.3 Å². The lowest BCUT2D eigenvalue weighted by Crippen LogP contribution is -2.54. The van der Waals surface area contributed by atoms with Crippen molar-refractivity contribution in [3.05, 3.63) is 41.5 Å². The molecule has 320 valence electrons. The smallest absolute Gasteiger partial charge is 0.409 e. The SMILES string of the molecule is C#Cc1c(F)ccc2cc(O)cc(-c3nc(OC)c4c(N5CCOCC(C)(O)C5)nc(OCC56CCCC5N(CC5CCN(C(=O)OCCC)CC5)CCC6)nc4c3F)c12. The Labute approximate surface area is 349 Å². The monoisotopic (exact) mass is 828 g/mol. The molecule has 1 amide bonds. The quantitative estimate of drug-likeness (QED) is 0.165. The third-order valence-electron chi connectivity index (χ3n) is 12.8. The highest BCUT2D eigenvalue weighted by atomic mass is 19.1. The van der Waals surface area contributed by atoms with Crippen molar-refractivity contribution in [3.8, 4) is 41.2 Å². The number of halogens is 2. The minimum atomic E-state index is -1.26. The first kappa shape index (κ1) is 41.7. The topological polar surface area (TPSA) is 143 Å². The van der Waals surface area contributed by atoms with Gasteiger partial charge in [-0.1, -0.05) is 25.3 Å². The number of nitrogens with zero attached hydrogens (tertiary/aromatic N) is 6. The second-order valence-electron chi connectivity index (χ2n) is 17.2. The summed E-state index contributed by atoms with van der Waals surface area (Å²) in [6.45, 7) is 8.53. The molecule has 0 radical (unpaired) electrons. The van der Waals surface area contributed by atoms with E-state index < -0.39 is 17.2 Å². The van der Waals surface area contributed by atoms with E-state index in [1.165, 1.54) is 31.4 Å². The maximum absolute atomic E-state index is 17.4. The van der Waals surface area contributed by atoms with Gasteiger partial charge in [-0.05, 0) is 87.9 Å². The standard InChI is InChI=1S/C45H54F2N6O7/c1-5-20-59-43(55)51-17-12-28(13-18-51)24-52-16-8-15-45(14-7-9-34(45)52)27-60-42-49-39-36(40(50-42)53-19-21-58-26-44(3,56)25-53)41(57-4)48-38(37(39)47)32-23-30(54)22-29-10-11-33(46)31(6-2)35(29)32/h2,10-11,22-23,28,34,54,56H,5,7-9,12-21,24-27H2,1,3-4H3. The number of hydrogen-bond donors (Lipinski definition) is 2. The van der Waals surface area contributed by atoms with Gasteiger partial charge in [0, 0.05) is 48.6 Å². The van der Waals surface area contributed by atoms with E-state index in [-0.39, 0.29) is 93.9 Å². The molecule has 60 heavy (non-hydrogen) atoms. The van der Waals surface area contributed by atoms with Gasteiger partial charge >= 0.3 is 12.1 Å². The number of rotatable bonds is 10. The Hall–Kier alpha value is -5.04. The molecule has 3 unspecified atom stereocenters. The first-order valence-corrected chi connectivity index (χ1v) is 21.1. The number of anilines is 1. The van der Waals surface area contributed by atoms with Gasteiger partial charge in [0.1, 0.15) is 39.6 Å². The number of phenols is 1. The van der Waals surface area contributed by atoms with Crippen molar-refractivity contribution < 1.29 is 42.7 Å². The molecule has 3 aliphatic heterocycles. The van der Waals surface area contributed by atoms with Crippen LogP contribution in [0.5, 0.6) is 17.6 Å². The molecule has 1 saturated carbocycles. The molecule has 1 aliphatic carbocycles. The molecule has 0 bridgehead atoms. The van der Waals surface area contributed by atoms with Crippen LogP contribution in [0.4, 0.5) is 19.4 Å². The van der Waals surface area contributed by atoms with Gasteiger partial charge in [0.25, 0.3) is 0 Å². The fraction of sp³-hybridized carbons (Fsp3) is 0.556. The number of carbonyl (C=O) groups excluding carboxylic acids is 1. The Morgan fingerprint density at radius 2 is 1.87 bits per heavy atom. The summed E-state index contributed by atoms with van der Waals surface area (Å²) in [5.74, 6) is 1.33. The van der Waals surface area contributed by atoms with Crippen molar-refractivity contribution in [1.82, 2.24) is 24.8 Å². The molecule has 2 N–H and O–H groups in total. The van der Waals surface area contributed by atoms with Crippen LogP contribution in [0.2, 0.25) is 0 Å². The number of likely N-dealkylation sites (tertiary alicyclic amines) is 2. The van der Waals surface area contributed by atoms with Gasteiger partial charge in [0.15, 0.2) is 5.82 Å². The van der Waals surface area contributed by atoms with E-state index in [0.29, 0.717) is 44.2 Å². The van der Waals surface area contributed by atoms with Crippen LogP contribution in [0.25, 0.3) is 32.9 Å². The molecule has 5 heterocycles. The number of hydrogen-bond acceptors (Lipinski definition) is 12. The molecule has 13 nitrogen and oxygen atoms in total. The number of phenolic OH excluding ortho intramolecular Hbond substituents is 1. The number of fused-ring (bicyclic) bond motifs is 3. The zero-order valence-corrected chi connectivity index (χ0v) is 34.6. The third-order valence-corrected chi connectivity index (χ3v) is 12.8. The van der Waals surface area contributed by atoms with E-state index in [0.717, 1.165) is 64.5 Å². The highest BCUT2D eigenvalue weighted by molar-refractivity contribution is 6.04. The predicted molar refractivity (Wildman–Crippen MR) is 222 cm³/mol. The van der Waals surface area contributed by atoms with E-state index in [1.807, 2.05) is 11.8 Å². The van der Waals surface area contributed by atoms with E-state index in [4.69, 9.17) is 35.3 Å². The number of pyridine rings is 1. The molecule has 4 aromatic rings. The van der Waals surface area contributed by atoms with Gasteiger partial charge in [-0.15, -0.1) is 6.42 Å². The van der Waals surface area contributed by atoms with Crippen LogP contribution in [-0.4, -0.2) is 126 Å². The Bertz CT molecular complexity index is 2300. The highest BCUT2D eigenvalue weighted by Gasteiger charge is 2.49. The van der Waals surface area contributed by atoms with Crippen LogP contribution >= 0.6 is 0 Å². The fourth-order valence-corrected chi connectivity index (χ4v) is 10.0. The summed E-state index contributed by atoms with van der Waals surface area (Å²) in [5, 5.41) is 22.7. The summed E-state index contributed by atoms with van der Waals surface area (Å²) in [5.41, 5.74) is -1.90. The normalized spacial score (nSPS) is 24.0. The molecule has 3 atom stereocenters. The number of amides is 1. The molecular weight excluding hydrogens is 775 g/mol. The fourth-order valence-electron chi connectivity index (χ4n) is 10.0. The number of ether oxygens (including phenoxy) is 4.